The summed E-state index contributed by atoms with van der Waals surface area (Å²) in [7, 11) is 0. The smallest absolute Gasteiger partial charge is 0.247 e. The van der Waals surface area contributed by atoms with Crippen LogP contribution in [-0.2, 0) is 14.4 Å². The fraction of sp³-hybridized carbons (Fsp3) is 0.325. The standard InChI is InChI=1S/C40H43N6O3/c1-25(47)45-20-8-12-34(45)37-41-24-33(44-37)27-16-14-26(15-17-27)32-23-29-22-30(18-19-31(29)43-32)42-38(48)35-13-9-21-46(35)39(49)36(40(2,3)4)28-10-6-5-7-11-28/h5-7,10-11,14-19,22-24,34-35,43H,8-9,12-13,20-21H2,1-4H3,(H,41,44)(H,42,48)/t34?,35-/m0/s1. The molecular formula is C40H43N6O3. The minimum Gasteiger partial charge on any atom is -0.355 e. The average molecular weight is 656 g/mol. The number of hydrogen-bond donors (Lipinski definition) is 3. The molecule has 9 heteroatoms. The van der Waals surface area contributed by atoms with Crippen LogP contribution in [0.2, 0.25) is 0 Å². The molecule has 3 amide bonds. The molecule has 1 unspecified atom stereocenters. The third-order valence-electron chi connectivity index (χ3n) is 9.81. The van der Waals surface area contributed by atoms with Crippen molar-refractivity contribution in [1.82, 2.24) is 24.8 Å². The predicted octanol–water partition coefficient (Wildman–Crippen LogP) is 7.51. The quantitative estimate of drug-likeness (QED) is 0.168. The summed E-state index contributed by atoms with van der Waals surface area (Å²) in [5, 5.41) is 4.08. The topological polar surface area (TPSA) is 114 Å². The van der Waals surface area contributed by atoms with Crippen LogP contribution in [0.15, 0.2) is 85.1 Å². The molecule has 7 rings (SSSR count). The molecule has 9 nitrogen and oxygen atoms in total. The van der Waals surface area contributed by atoms with E-state index < -0.39 is 6.04 Å². The fourth-order valence-corrected chi connectivity index (χ4v) is 7.41. The van der Waals surface area contributed by atoms with Crippen LogP contribution < -0.4 is 5.32 Å². The van der Waals surface area contributed by atoms with Gasteiger partial charge in [-0.3, -0.25) is 14.4 Å². The maximum atomic E-state index is 14.0. The Kier molecular flexibility index (Phi) is 8.61. The molecule has 5 aromatic rings. The number of likely N-dealkylation sites (tertiary alicyclic amines) is 2. The van der Waals surface area contributed by atoms with Crippen molar-refractivity contribution in [2.75, 3.05) is 18.4 Å². The Hall–Kier alpha value is -5.18. The predicted molar refractivity (Wildman–Crippen MR) is 192 cm³/mol. The van der Waals surface area contributed by atoms with E-state index in [1.807, 2.05) is 80.4 Å². The van der Waals surface area contributed by atoms with Gasteiger partial charge in [0.1, 0.15) is 11.9 Å². The summed E-state index contributed by atoms with van der Waals surface area (Å²) in [6.45, 7) is 9.08. The zero-order chi connectivity index (χ0) is 34.3. The summed E-state index contributed by atoms with van der Waals surface area (Å²) in [4.78, 5) is 54.8. The van der Waals surface area contributed by atoms with Crippen molar-refractivity contribution < 1.29 is 14.4 Å². The highest BCUT2D eigenvalue weighted by atomic mass is 16.2. The number of carbonyl (C=O) groups is 3. The number of carbonyl (C=O) groups excluding carboxylic acids is 3. The lowest BCUT2D eigenvalue weighted by molar-refractivity contribution is -0.135. The lowest BCUT2D eigenvalue weighted by atomic mass is 9.75. The van der Waals surface area contributed by atoms with Gasteiger partial charge < -0.3 is 25.1 Å². The number of rotatable bonds is 7. The first kappa shape index (κ1) is 32.4. The van der Waals surface area contributed by atoms with Crippen molar-refractivity contribution in [2.24, 2.45) is 5.41 Å². The maximum Gasteiger partial charge on any atom is 0.247 e. The van der Waals surface area contributed by atoms with Crippen LogP contribution in [0.4, 0.5) is 5.69 Å². The molecule has 0 bridgehead atoms. The normalized spacial score (nSPS) is 18.1. The van der Waals surface area contributed by atoms with Gasteiger partial charge in [0.05, 0.1) is 23.9 Å². The summed E-state index contributed by atoms with van der Waals surface area (Å²) in [5.74, 6) is 1.40. The Morgan fingerprint density at radius 3 is 2.22 bits per heavy atom. The number of nitrogens with one attached hydrogen (secondary N) is 3. The number of aromatic amines is 2. The molecular weight excluding hydrogens is 612 g/mol. The molecule has 1 radical (unpaired) electrons. The van der Waals surface area contributed by atoms with E-state index in [4.69, 9.17) is 0 Å². The molecule has 0 saturated carbocycles. The Morgan fingerprint density at radius 2 is 1.51 bits per heavy atom. The van der Waals surface area contributed by atoms with Crippen LogP contribution in [-0.4, -0.2) is 61.6 Å². The lowest BCUT2D eigenvalue weighted by Crippen LogP contribution is -2.47. The molecule has 2 aliphatic heterocycles. The molecule has 2 aliphatic rings. The summed E-state index contributed by atoms with van der Waals surface area (Å²) in [6.07, 6.45) is 5.16. The van der Waals surface area contributed by atoms with Crippen LogP contribution in [0, 0.1) is 11.3 Å². The van der Waals surface area contributed by atoms with Gasteiger partial charge in [0.15, 0.2) is 0 Å². The van der Waals surface area contributed by atoms with Gasteiger partial charge in [-0.1, -0.05) is 75.4 Å². The van der Waals surface area contributed by atoms with Gasteiger partial charge in [0, 0.05) is 42.3 Å². The highest BCUT2D eigenvalue weighted by Gasteiger charge is 2.42. The molecule has 3 aromatic carbocycles. The summed E-state index contributed by atoms with van der Waals surface area (Å²) in [6, 6.07) is 25.4. The average Bonchev–Trinajstić information content (AvgIpc) is 3.90. The monoisotopic (exact) mass is 655 g/mol. The second-order valence-corrected chi connectivity index (χ2v) is 14.3. The zero-order valence-electron chi connectivity index (χ0n) is 28.5. The number of hydrogen-bond acceptors (Lipinski definition) is 4. The van der Waals surface area contributed by atoms with E-state index in [-0.39, 0.29) is 29.2 Å². The Balaban J connectivity index is 1.04. The number of anilines is 1. The SMILES string of the molecule is CC(=O)N1CCCC1c1ncc(-c2ccc(-c3cc4cc(NC(=O)[C@@H]5CCCN5C(=O)[C](c5ccccc5)C(C)(C)C)ccc4[nH]3)cc2)[nH]1. The van der Waals surface area contributed by atoms with Gasteiger partial charge in [-0.25, -0.2) is 4.98 Å². The van der Waals surface area contributed by atoms with E-state index in [9.17, 15) is 14.4 Å². The van der Waals surface area contributed by atoms with Crippen molar-refractivity contribution in [1.29, 1.82) is 0 Å². The number of H-pyrrole nitrogens is 2. The first-order valence-corrected chi connectivity index (χ1v) is 17.2. The molecule has 49 heavy (non-hydrogen) atoms. The van der Waals surface area contributed by atoms with Crippen molar-refractivity contribution in [3.05, 3.63) is 102 Å². The van der Waals surface area contributed by atoms with Gasteiger partial charge in [0.25, 0.3) is 0 Å². The van der Waals surface area contributed by atoms with Crippen LogP contribution in [0.1, 0.15) is 70.8 Å². The second-order valence-electron chi connectivity index (χ2n) is 14.3. The second kappa shape index (κ2) is 13.0. The Labute approximate surface area is 287 Å². The Bertz CT molecular complexity index is 1990. The fourth-order valence-electron chi connectivity index (χ4n) is 7.41. The maximum absolute atomic E-state index is 14.0. The van der Waals surface area contributed by atoms with Gasteiger partial charge in [-0.05, 0) is 72.1 Å². The van der Waals surface area contributed by atoms with Crippen molar-refractivity contribution >= 4 is 34.3 Å². The van der Waals surface area contributed by atoms with Crippen molar-refractivity contribution in [2.45, 2.75) is 65.5 Å². The number of fused-ring (bicyclic) bond motifs is 1. The van der Waals surface area contributed by atoms with E-state index in [0.717, 1.165) is 76.5 Å². The number of aromatic nitrogens is 3. The van der Waals surface area contributed by atoms with Crippen molar-refractivity contribution in [3.63, 3.8) is 0 Å². The Morgan fingerprint density at radius 1 is 0.816 bits per heavy atom. The molecule has 2 fully saturated rings. The van der Waals surface area contributed by atoms with E-state index in [2.05, 4.69) is 50.6 Å². The first-order valence-electron chi connectivity index (χ1n) is 17.2. The third kappa shape index (κ3) is 6.49. The number of imidazole rings is 1. The molecule has 2 saturated heterocycles. The third-order valence-corrected chi connectivity index (χ3v) is 9.81. The van der Waals surface area contributed by atoms with Crippen LogP contribution >= 0.6 is 0 Å². The minimum atomic E-state index is -0.526. The molecule has 251 valence electrons. The lowest BCUT2D eigenvalue weighted by Gasteiger charge is -2.34. The van der Waals surface area contributed by atoms with E-state index in [0.29, 0.717) is 18.7 Å². The van der Waals surface area contributed by atoms with E-state index in [1.165, 1.54) is 0 Å². The minimum absolute atomic E-state index is 0.00519. The zero-order valence-corrected chi connectivity index (χ0v) is 28.5. The van der Waals surface area contributed by atoms with Crippen LogP contribution in [0.5, 0.6) is 0 Å². The first-order chi connectivity index (χ1) is 23.6. The largest absolute Gasteiger partial charge is 0.355 e. The van der Waals surface area contributed by atoms with E-state index in [1.54, 1.807) is 11.8 Å². The van der Waals surface area contributed by atoms with Crippen molar-refractivity contribution in [3.8, 4) is 22.5 Å². The van der Waals surface area contributed by atoms with Gasteiger partial charge >= 0.3 is 0 Å². The summed E-state index contributed by atoms with van der Waals surface area (Å²) >= 11 is 0. The molecule has 0 spiro atoms. The summed E-state index contributed by atoms with van der Waals surface area (Å²) < 4.78 is 0. The number of nitrogens with zero attached hydrogens (tertiary/aromatic N) is 3. The molecule has 3 N–H and O–H groups in total. The number of amides is 3. The number of benzene rings is 3. The van der Waals surface area contributed by atoms with Gasteiger partial charge in [-0.2, -0.15) is 0 Å². The van der Waals surface area contributed by atoms with Gasteiger partial charge in [-0.15, -0.1) is 0 Å². The molecule has 0 aliphatic carbocycles. The molecule has 2 aromatic heterocycles. The highest BCUT2D eigenvalue weighted by Crippen LogP contribution is 2.38. The van der Waals surface area contributed by atoms with Crippen LogP contribution in [0.3, 0.4) is 0 Å². The van der Waals surface area contributed by atoms with Gasteiger partial charge in [0.2, 0.25) is 17.7 Å². The highest BCUT2D eigenvalue weighted by molar-refractivity contribution is 6.03. The molecule has 4 heterocycles. The molecule has 2 atom stereocenters. The summed E-state index contributed by atoms with van der Waals surface area (Å²) in [5.41, 5.74) is 6.12. The van der Waals surface area contributed by atoms with E-state index >= 15 is 0 Å². The van der Waals surface area contributed by atoms with Crippen LogP contribution in [0.25, 0.3) is 33.4 Å².